The predicted molar refractivity (Wildman–Crippen MR) is 96.6 cm³/mol. The first-order valence-corrected chi connectivity index (χ1v) is 8.55. The van der Waals surface area contributed by atoms with E-state index in [1.54, 1.807) is 10.9 Å². The number of nitrogens with one attached hydrogen (secondary N) is 1. The number of amides is 1. The summed E-state index contributed by atoms with van der Waals surface area (Å²) in [5.74, 6) is 0. The van der Waals surface area contributed by atoms with Gasteiger partial charge in [-0.3, -0.25) is 5.32 Å². The van der Waals surface area contributed by atoms with Crippen LogP contribution in [0.3, 0.4) is 0 Å². The Morgan fingerprint density at radius 2 is 1.68 bits per heavy atom. The summed E-state index contributed by atoms with van der Waals surface area (Å²) in [7, 11) is -0.490. The number of ether oxygens (including phenoxy) is 1. The van der Waals surface area contributed by atoms with Crippen molar-refractivity contribution in [3.63, 3.8) is 0 Å². The molecule has 8 heteroatoms. The molecule has 0 unspecified atom stereocenters. The van der Waals surface area contributed by atoms with Crippen molar-refractivity contribution in [2.24, 2.45) is 0 Å². The summed E-state index contributed by atoms with van der Waals surface area (Å²) in [6, 6.07) is 0. The Bertz CT molecular complexity index is 631. The predicted octanol–water partition coefficient (Wildman–Crippen LogP) is 2.40. The number of carbonyl (C=O) groups excluding carboxylic acids is 1. The second-order valence-corrected chi connectivity index (χ2v) is 8.99. The lowest BCUT2D eigenvalue weighted by Crippen LogP contribution is -2.48. The Hall–Kier alpha value is -1.54. The van der Waals surface area contributed by atoms with Crippen LogP contribution in [0.25, 0.3) is 0 Å². The number of hydrogen-bond acceptors (Lipinski definition) is 5. The minimum absolute atomic E-state index is 0.413. The number of rotatable bonds is 3. The van der Waals surface area contributed by atoms with Crippen molar-refractivity contribution in [1.29, 1.82) is 0 Å². The minimum Gasteiger partial charge on any atom is -0.444 e. The molecule has 1 amide bonds. The van der Waals surface area contributed by atoms with Crippen LogP contribution in [-0.4, -0.2) is 39.8 Å². The van der Waals surface area contributed by atoms with E-state index in [1.165, 1.54) is 0 Å². The SMILES string of the molecule is CC(C)(C)OC(=O)NC(C)(C)n1cc(B2OC(C)(C)C(C)(C)O2)cn1. The molecule has 2 rings (SSSR count). The smallest absolute Gasteiger partial charge is 0.444 e. The molecule has 0 saturated carbocycles. The number of carbonyl (C=O) groups is 1. The first-order valence-electron chi connectivity index (χ1n) is 8.55. The molecule has 1 N–H and O–H groups in total. The highest BCUT2D eigenvalue weighted by atomic mass is 16.7. The van der Waals surface area contributed by atoms with Gasteiger partial charge in [-0.1, -0.05) is 0 Å². The van der Waals surface area contributed by atoms with Crippen LogP contribution >= 0.6 is 0 Å². The summed E-state index contributed by atoms with van der Waals surface area (Å²) in [6.07, 6.45) is 3.02. The average molecular weight is 351 g/mol. The molecule has 0 radical (unpaired) electrons. The van der Waals surface area contributed by atoms with Gasteiger partial charge >= 0.3 is 13.2 Å². The monoisotopic (exact) mass is 351 g/mol. The largest absolute Gasteiger partial charge is 0.498 e. The summed E-state index contributed by atoms with van der Waals surface area (Å²) in [6.45, 7) is 17.2. The van der Waals surface area contributed by atoms with E-state index in [9.17, 15) is 4.79 Å². The second kappa shape index (κ2) is 6.02. The number of aromatic nitrogens is 2. The first kappa shape index (κ1) is 19.8. The van der Waals surface area contributed by atoms with Crippen LogP contribution in [0.2, 0.25) is 0 Å². The molecule has 0 aromatic carbocycles. The molecule has 25 heavy (non-hydrogen) atoms. The summed E-state index contributed by atoms with van der Waals surface area (Å²) < 4.78 is 19.1. The lowest BCUT2D eigenvalue weighted by atomic mass is 9.82. The van der Waals surface area contributed by atoms with Crippen molar-refractivity contribution in [2.45, 2.75) is 84.8 Å². The van der Waals surface area contributed by atoms with E-state index < -0.39 is 35.7 Å². The molecule has 1 fully saturated rings. The zero-order chi connectivity index (χ0) is 19.3. The average Bonchev–Trinajstić information content (AvgIpc) is 2.90. The van der Waals surface area contributed by atoms with E-state index in [1.807, 2.05) is 68.5 Å². The summed E-state index contributed by atoms with van der Waals surface area (Å²) >= 11 is 0. The zero-order valence-corrected chi connectivity index (χ0v) is 16.8. The van der Waals surface area contributed by atoms with Gasteiger partial charge in [0.2, 0.25) is 0 Å². The van der Waals surface area contributed by atoms with Crippen molar-refractivity contribution >= 4 is 18.7 Å². The van der Waals surface area contributed by atoms with Gasteiger partial charge in [0.15, 0.2) is 0 Å². The molecule has 1 aliphatic rings. The van der Waals surface area contributed by atoms with Crippen molar-refractivity contribution in [3.8, 4) is 0 Å². The van der Waals surface area contributed by atoms with Crippen LogP contribution in [0.1, 0.15) is 62.3 Å². The fraction of sp³-hybridized carbons (Fsp3) is 0.765. The summed E-state index contributed by atoms with van der Waals surface area (Å²) in [5, 5.41) is 7.19. The van der Waals surface area contributed by atoms with E-state index in [0.717, 1.165) is 5.46 Å². The molecule has 1 aromatic rings. The molecular weight excluding hydrogens is 321 g/mol. The third kappa shape index (κ3) is 4.36. The van der Waals surface area contributed by atoms with E-state index in [4.69, 9.17) is 14.0 Å². The van der Waals surface area contributed by atoms with Crippen molar-refractivity contribution < 1.29 is 18.8 Å². The second-order valence-electron chi connectivity index (χ2n) is 8.99. The van der Waals surface area contributed by atoms with Crippen LogP contribution in [0, 0.1) is 0 Å². The van der Waals surface area contributed by atoms with E-state index in [0.29, 0.717) is 0 Å². The maximum absolute atomic E-state index is 12.1. The van der Waals surface area contributed by atoms with Crippen LogP contribution in [0.15, 0.2) is 12.4 Å². The summed E-state index contributed by atoms with van der Waals surface area (Å²) in [4.78, 5) is 12.1. The summed E-state index contributed by atoms with van der Waals surface area (Å²) in [5.41, 5.74) is -1.34. The zero-order valence-electron chi connectivity index (χ0n) is 16.8. The van der Waals surface area contributed by atoms with Crippen LogP contribution in [0.5, 0.6) is 0 Å². The van der Waals surface area contributed by atoms with Crippen LogP contribution in [0.4, 0.5) is 4.79 Å². The normalized spacial score (nSPS) is 19.8. The molecule has 1 aromatic heterocycles. The molecule has 1 aliphatic heterocycles. The molecule has 0 aliphatic carbocycles. The molecular formula is C17H30BN3O4. The molecule has 2 heterocycles. The lowest BCUT2D eigenvalue weighted by molar-refractivity contribution is 0.00578. The highest BCUT2D eigenvalue weighted by Gasteiger charge is 2.52. The molecule has 0 spiro atoms. The Balaban J connectivity index is 2.11. The topological polar surface area (TPSA) is 74.6 Å². The van der Waals surface area contributed by atoms with E-state index in [2.05, 4.69) is 10.4 Å². The van der Waals surface area contributed by atoms with Crippen molar-refractivity contribution in [1.82, 2.24) is 15.1 Å². The third-order valence-corrected chi connectivity index (χ3v) is 4.51. The van der Waals surface area contributed by atoms with Gasteiger partial charge in [-0.2, -0.15) is 5.10 Å². The highest BCUT2D eigenvalue weighted by molar-refractivity contribution is 6.62. The van der Waals surface area contributed by atoms with Gasteiger partial charge < -0.3 is 14.0 Å². The fourth-order valence-corrected chi connectivity index (χ4v) is 2.35. The molecule has 0 bridgehead atoms. The van der Waals surface area contributed by atoms with Gasteiger partial charge in [-0.05, 0) is 62.3 Å². The Morgan fingerprint density at radius 1 is 1.16 bits per heavy atom. The van der Waals surface area contributed by atoms with Gasteiger partial charge in [0.05, 0.1) is 11.2 Å². The van der Waals surface area contributed by atoms with E-state index in [-0.39, 0.29) is 0 Å². The standard InChI is InChI=1S/C17H30BN3O4/c1-14(2,3)23-13(22)20-17(8,9)21-11-12(10-19-21)18-24-15(4,5)16(6,7)25-18/h10-11H,1-9H3,(H,20,22). The number of nitrogens with zero attached hydrogens (tertiary/aromatic N) is 2. The van der Waals surface area contributed by atoms with E-state index >= 15 is 0 Å². The van der Waals surface area contributed by atoms with Crippen LogP contribution < -0.4 is 10.8 Å². The van der Waals surface area contributed by atoms with Gasteiger partial charge in [0.25, 0.3) is 0 Å². The Kier molecular flexibility index (Phi) is 4.76. The lowest BCUT2D eigenvalue weighted by Gasteiger charge is -2.32. The Morgan fingerprint density at radius 3 is 2.16 bits per heavy atom. The maximum Gasteiger partial charge on any atom is 0.498 e. The molecule has 1 saturated heterocycles. The van der Waals surface area contributed by atoms with Crippen molar-refractivity contribution in [3.05, 3.63) is 12.4 Å². The van der Waals surface area contributed by atoms with Crippen molar-refractivity contribution in [2.75, 3.05) is 0 Å². The number of hydrogen-bond donors (Lipinski definition) is 1. The third-order valence-electron chi connectivity index (χ3n) is 4.51. The maximum atomic E-state index is 12.1. The molecule has 7 nitrogen and oxygen atoms in total. The molecule has 0 atom stereocenters. The minimum atomic E-state index is -0.760. The quantitative estimate of drug-likeness (QED) is 0.847. The molecule has 140 valence electrons. The fourth-order valence-electron chi connectivity index (χ4n) is 2.35. The highest BCUT2D eigenvalue weighted by Crippen LogP contribution is 2.36. The number of alkyl carbamates (subject to hydrolysis) is 1. The van der Waals surface area contributed by atoms with Crippen LogP contribution in [-0.2, 0) is 19.7 Å². The Labute approximate surface area is 150 Å². The van der Waals surface area contributed by atoms with Gasteiger partial charge in [0, 0.05) is 17.9 Å². The van der Waals surface area contributed by atoms with Gasteiger partial charge in [-0.25, -0.2) is 9.48 Å². The van der Waals surface area contributed by atoms with Gasteiger partial charge in [-0.15, -0.1) is 0 Å². The first-order chi connectivity index (χ1) is 11.1. The van der Waals surface area contributed by atoms with Gasteiger partial charge in [0.1, 0.15) is 11.3 Å².